The van der Waals surface area contributed by atoms with Gasteiger partial charge in [0.1, 0.15) is 0 Å². The van der Waals surface area contributed by atoms with Crippen molar-refractivity contribution in [3.8, 4) is 0 Å². The van der Waals surface area contributed by atoms with Gasteiger partial charge in [0.25, 0.3) is 0 Å². The molecule has 0 aliphatic carbocycles. The van der Waals surface area contributed by atoms with Crippen LogP contribution in [0.2, 0.25) is 0 Å². The van der Waals surface area contributed by atoms with Crippen molar-refractivity contribution in [2.24, 2.45) is 5.92 Å². The molecule has 0 aromatic rings. The molecule has 1 nitrogen and oxygen atoms in total. The smallest absolute Gasteiger partial charge is 0.0578 e. The Hall–Kier alpha value is 0.440. The quantitative estimate of drug-likeness (QED) is 0.663. The van der Waals surface area contributed by atoms with Gasteiger partial charge in [-0.15, -0.1) is 0 Å². The summed E-state index contributed by atoms with van der Waals surface area (Å²) in [5.74, 6) is 0.818. The number of hydrogen-bond acceptors (Lipinski definition) is 1. The van der Waals surface area contributed by atoms with Gasteiger partial charge in [0.15, 0.2) is 0 Å². The Morgan fingerprint density at radius 1 is 1.64 bits per heavy atom. The third-order valence-corrected chi connectivity index (χ3v) is 3.33. The normalized spacial score (nSPS) is 27.3. The molecule has 0 aromatic heterocycles. The van der Waals surface area contributed by atoms with E-state index in [-0.39, 0.29) is 0 Å². The van der Waals surface area contributed by atoms with Gasteiger partial charge < -0.3 is 4.74 Å². The summed E-state index contributed by atoms with van der Waals surface area (Å²) in [6, 6.07) is 0. The second-order valence-corrected chi connectivity index (χ2v) is 3.95. The maximum atomic E-state index is 5.57. The number of halogens is 1. The Balaban J connectivity index is 2.16. The molecule has 0 spiro atoms. The van der Waals surface area contributed by atoms with Crippen LogP contribution in [0.1, 0.15) is 32.6 Å². The second kappa shape index (κ2) is 5.15. The van der Waals surface area contributed by atoms with Gasteiger partial charge in [0.05, 0.1) is 6.10 Å². The van der Waals surface area contributed by atoms with Crippen molar-refractivity contribution < 1.29 is 4.74 Å². The summed E-state index contributed by atoms with van der Waals surface area (Å²) in [5.41, 5.74) is 0. The molecule has 1 rings (SSSR count). The number of ether oxygens (including phenoxy) is 1. The first kappa shape index (κ1) is 9.53. The van der Waals surface area contributed by atoms with Gasteiger partial charge in [-0.2, -0.15) is 0 Å². The second-order valence-electron chi connectivity index (χ2n) is 3.30. The van der Waals surface area contributed by atoms with Crippen LogP contribution in [0.4, 0.5) is 0 Å². The summed E-state index contributed by atoms with van der Waals surface area (Å²) in [6.07, 6.45) is 5.64. The average molecular weight is 221 g/mol. The molecule has 1 aliphatic rings. The van der Waals surface area contributed by atoms with Crippen molar-refractivity contribution >= 4 is 15.9 Å². The van der Waals surface area contributed by atoms with E-state index in [1.54, 1.807) is 0 Å². The fourth-order valence-electron chi connectivity index (χ4n) is 1.54. The molecule has 1 unspecified atom stereocenters. The van der Waals surface area contributed by atoms with Crippen LogP contribution in [-0.2, 0) is 4.74 Å². The van der Waals surface area contributed by atoms with Crippen LogP contribution in [-0.4, -0.2) is 18.0 Å². The van der Waals surface area contributed by atoms with Crippen LogP contribution in [0, 0.1) is 5.92 Å². The van der Waals surface area contributed by atoms with Crippen LogP contribution in [0.3, 0.4) is 0 Å². The molecule has 0 amide bonds. The first-order valence-electron chi connectivity index (χ1n) is 4.54. The van der Waals surface area contributed by atoms with Gasteiger partial charge in [-0.3, -0.25) is 0 Å². The Labute approximate surface area is 77.6 Å². The molecule has 1 fully saturated rings. The monoisotopic (exact) mass is 220 g/mol. The zero-order valence-corrected chi connectivity index (χ0v) is 8.77. The van der Waals surface area contributed by atoms with Crippen molar-refractivity contribution in [1.29, 1.82) is 0 Å². The minimum absolute atomic E-state index is 0.567. The summed E-state index contributed by atoms with van der Waals surface area (Å²) in [4.78, 5) is 0. The minimum Gasteiger partial charge on any atom is -0.378 e. The SMILES string of the molecule is CCC(CBr)C[C@@H]1CCCO1. The third kappa shape index (κ3) is 3.12. The van der Waals surface area contributed by atoms with E-state index in [9.17, 15) is 0 Å². The predicted molar refractivity (Wildman–Crippen MR) is 51.2 cm³/mol. The van der Waals surface area contributed by atoms with E-state index in [1.807, 2.05) is 0 Å². The van der Waals surface area contributed by atoms with Crippen molar-refractivity contribution in [2.45, 2.75) is 38.7 Å². The Bertz CT molecular complexity index is 95.7. The molecule has 1 saturated heterocycles. The van der Waals surface area contributed by atoms with Crippen LogP contribution >= 0.6 is 15.9 Å². The Morgan fingerprint density at radius 2 is 2.45 bits per heavy atom. The summed E-state index contributed by atoms with van der Waals surface area (Å²) in [5, 5.41) is 1.13. The predicted octanol–water partition coefficient (Wildman–Crippen LogP) is 2.98. The van der Waals surface area contributed by atoms with E-state index in [1.165, 1.54) is 25.7 Å². The number of hydrogen-bond donors (Lipinski definition) is 0. The first-order chi connectivity index (χ1) is 5.36. The fraction of sp³-hybridized carbons (Fsp3) is 1.00. The highest BCUT2D eigenvalue weighted by Gasteiger charge is 2.18. The van der Waals surface area contributed by atoms with E-state index >= 15 is 0 Å². The largest absolute Gasteiger partial charge is 0.378 e. The summed E-state index contributed by atoms with van der Waals surface area (Å²) in [6.45, 7) is 3.24. The maximum Gasteiger partial charge on any atom is 0.0578 e. The molecule has 0 saturated carbocycles. The van der Waals surface area contributed by atoms with Gasteiger partial charge in [0, 0.05) is 11.9 Å². The molecule has 2 atom stereocenters. The Kier molecular flexibility index (Phi) is 4.46. The van der Waals surface area contributed by atoms with E-state index in [0.29, 0.717) is 6.10 Å². The lowest BCUT2D eigenvalue weighted by molar-refractivity contribution is 0.0920. The van der Waals surface area contributed by atoms with Crippen LogP contribution in [0.25, 0.3) is 0 Å². The molecular formula is C9H17BrO. The fourth-order valence-corrected chi connectivity index (χ4v) is 2.26. The Morgan fingerprint density at radius 3 is 2.91 bits per heavy atom. The molecule has 2 heteroatoms. The zero-order chi connectivity index (χ0) is 8.10. The third-order valence-electron chi connectivity index (χ3n) is 2.42. The molecule has 0 N–H and O–H groups in total. The summed E-state index contributed by atoms with van der Waals surface area (Å²) in [7, 11) is 0. The van der Waals surface area contributed by atoms with Crippen molar-refractivity contribution in [1.82, 2.24) is 0 Å². The summed E-state index contributed by atoms with van der Waals surface area (Å²) < 4.78 is 5.57. The molecule has 11 heavy (non-hydrogen) atoms. The van der Waals surface area contributed by atoms with E-state index in [4.69, 9.17) is 4.74 Å². The van der Waals surface area contributed by atoms with Crippen LogP contribution in [0.15, 0.2) is 0 Å². The highest BCUT2D eigenvalue weighted by Crippen LogP contribution is 2.22. The zero-order valence-electron chi connectivity index (χ0n) is 7.18. The lowest BCUT2D eigenvalue weighted by Gasteiger charge is -2.15. The van der Waals surface area contributed by atoms with E-state index in [0.717, 1.165) is 17.9 Å². The minimum atomic E-state index is 0.567. The lowest BCUT2D eigenvalue weighted by atomic mass is 10.00. The van der Waals surface area contributed by atoms with Gasteiger partial charge in [-0.1, -0.05) is 29.3 Å². The maximum absolute atomic E-state index is 5.57. The molecule has 0 aromatic carbocycles. The average Bonchev–Trinajstić information content (AvgIpc) is 2.52. The van der Waals surface area contributed by atoms with Gasteiger partial charge >= 0.3 is 0 Å². The van der Waals surface area contributed by atoms with Crippen molar-refractivity contribution in [2.75, 3.05) is 11.9 Å². The van der Waals surface area contributed by atoms with Crippen molar-refractivity contribution in [3.63, 3.8) is 0 Å². The van der Waals surface area contributed by atoms with Crippen molar-refractivity contribution in [3.05, 3.63) is 0 Å². The van der Waals surface area contributed by atoms with Crippen LogP contribution in [0.5, 0.6) is 0 Å². The molecule has 0 radical (unpaired) electrons. The molecular weight excluding hydrogens is 204 g/mol. The number of alkyl halides is 1. The summed E-state index contributed by atoms with van der Waals surface area (Å²) >= 11 is 3.53. The van der Waals surface area contributed by atoms with Gasteiger partial charge in [0.2, 0.25) is 0 Å². The number of rotatable bonds is 4. The molecule has 1 heterocycles. The van der Waals surface area contributed by atoms with Crippen LogP contribution < -0.4 is 0 Å². The van der Waals surface area contributed by atoms with Gasteiger partial charge in [-0.25, -0.2) is 0 Å². The molecule has 1 aliphatic heterocycles. The standard InChI is InChI=1S/C9H17BrO/c1-2-8(7-10)6-9-4-3-5-11-9/h8-9H,2-7H2,1H3/t8?,9-/m0/s1. The lowest BCUT2D eigenvalue weighted by Crippen LogP contribution is -2.13. The highest BCUT2D eigenvalue weighted by atomic mass is 79.9. The topological polar surface area (TPSA) is 9.23 Å². The highest BCUT2D eigenvalue weighted by molar-refractivity contribution is 9.09. The molecule has 66 valence electrons. The van der Waals surface area contributed by atoms with Gasteiger partial charge in [-0.05, 0) is 25.2 Å². The van der Waals surface area contributed by atoms with E-state index < -0.39 is 0 Å². The first-order valence-corrected chi connectivity index (χ1v) is 5.66. The molecule has 0 bridgehead atoms. The van der Waals surface area contributed by atoms with E-state index in [2.05, 4.69) is 22.9 Å².